The van der Waals surface area contributed by atoms with Gasteiger partial charge in [-0.2, -0.15) is 0 Å². The van der Waals surface area contributed by atoms with E-state index in [0.29, 0.717) is 21.1 Å². The highest BCUT2D eigenvalue weighted by Gasteiger charge is 2.15. The van der Waals surface area contributed by atoms with Crippen molar-refractivity contribution in [2.75, 3.05) is 6.79 Å². The third-order valence-corrected chi connectivity index (χ3v) is 3.50. The van der Waals surface area contributed by atoms with E-state index in [0.717, 1.165) is 4.70 Å². The molecule has 0 radical (unpaired) electrons. The lowest BCUT2D eigenvalue weighted by Crippen LogP contribution is -1.97. The normalized spacial score (nSPS) is 13.4. The van der Waals surface area contributed by atoms with Gasteiger partial charge in [0.05, 0.1) is 4.21 Å². The SMILES string of the molecule is O=c1cc(S)sc2cc3c(cc12)OCO3. The van der Waals surface area contributed by atoms with Crippen molar-refractivity contribution in [3.63, 3.8) is 0 Å². The molecule has 3 nitrogen and oxygen atoms in total. The van der Waals surface area contributed by atoms with Gasteiger partial charge in [-0.1, -0.05) is 0 Å². The number of ether oxygens (including phenoxy) is 2. The average molecular weight is 238 g/mol. The Kier molecular flexibility index (Phi) is 1.90. The fraction of sp³-hybridized carbons (Fsp3) is 0.100. The highest BCUT2D eigenvalue weighted by Crippen LogP contribution is 2.36. The van der Waals surface area contributed by atoms with Crippen molar-refractivity contribution in [3.05, 3.63) is 28.4 Å². The van der Waals surface area contributed by atoms with Crippen molar-refractivity contribution < 1.29 is 9.47 Å². The Morgan fingerprint density at radius 2 is 1.93 bits per heavy atom. The number of benzene rings is 1. The van der Waals surface area contributed by atoms with Crippen LogP contribution in [0.4, 0.5) is 0 Å². The molecule has 3 rings (SSSR count). The first kappa shape index (κ1) is 9.06. The van der Waals surface area contributed by atoms with Crippen LogP contribution in [0.2, 0.25) is 0 Å². The Morgan fingerprint density at radius 1 is 1.20 bits per heavy atom. The van der Waals surface area contributed by atoms with Crippen molar-refractivity contribution in [2.45, 2.75) is 4.21 Å². The molecule has 0 saturated carbocycles. The molecule has 0 spiro atoms. The van der Waals surface area contributed by atoms with Crippen LogP contribution in [0.5, 0.6) is 11.5 Å². The smallest absolute Gasteiger partial charge is 0.231 e. The van der Waals surface area contributed by atoms with Crippen molar-refractivity contribution >= 4 is 34.1 Å². The number of rotatable bonds is 0. The van der Waals surface area contributed by atoms with Gasteiger partial charge in [0.15, 0.2) is 16.9 Å². The average Bonchev–Trinajstić information content (AvgIpc) is 2.61. The lowest BCUT2D eigenvalue weighted by molar-refractivity contribution is 0.174. The summed E-state index contributed by atoms with van der Waals surface area (Å²) < 4.78 is 12.0. The molecule has 0 N–H and O–H groups in total. The van der Waals surface area contributed by atoms with Crippen molar-refractivity contribution in [1.82, 2.24) is 0 Å². The molecule has 0 amide bonds. The molecule has 0 atom stereocenters. The second kappa shape index (κ2) is 3.15. The van der Waals surface area contributed by atoms with Gasteiger partial charge >= 0.3 is 0 Å². The molecule has 2 heterocycles. The monoisotopic (exact) mass is 238 g/mol. The Labute approximate surface area is 94.7 Å². The second-order valence-electron chi connectivity index (χ2n) is 3.15. The van der Waals surface area contributed by atoms with E-state index < -0.39 is 0 Å². The summed E-state index contributed by atoms with van der Waals surface area (Å²) in [4.78, 5) is 11.7. The van der Waals surface area contributed by atoms with Crippen LogP contribution < -0.4 is 14.9 Å². The van der Waals surface area contributed by atoms with Crippen LogP contribution in [-0.2, 0) is 0 Å². The Morgan fingerprint density at radius 3 is 2.73 bits per heavy atom. The molecule has 1 aromatic heterocycles. The van der Waals surface area contributed by atoms with Gasteiger partial charge in [0.1, 0.15) is 0 Å². The molecule has 1 aromatic carbocycles. The fourth-order valence-electron chi connectivity index (χ4n) is 1.53. The second-order valence-corrected chi connectivity index (χ2v) is 5.02. The standard InChI is InChI=1S/C10H6O3S2/c11-6-2-10(14)15-9-3-8-7(1-5(6)9)12-4-13-8/h1-3,14H,4H2. The number of hydrogen-bond acceptors (Lipinski definition) is 5. The van der Waals surface area contributed by atoms with E-state index in [4.69, 9.17) is 9.47 Å². The van der Waals surface area contributed by atoms with E-state index in [1.165, 1.54) is 17.4 Å². The van der Waals surface area contributed by atoms with E-state index in [1.54, 1.807) is 6.07 Å². The fourth-order valence-corrected chi connectivity index (χ4v) is 2.77. The number of fused-ring (bicyclic) bond motifs is 2. The van der Waals surface area contributed by atoms with Crippen LogP contribution >= 0.6 is 24.0 Å². The minimum atomic E-state index is -0.0351. The van der Waals surface area contributed by atoms with E-state index in [1.807, 2.05) is 6.07 Å². The first-order chi connectivity index (χ1) is 7.24. The zero-order valence-electron chi connectivity index (χ0n) is 7.52. The Balaban J connectivity index is 2.43. The maximum Gasteiger partial charge on any atom is 0.231 e. The van der Waals surface area contributed by atoms with Gasteiger partial charge in [0, 0.05) is 22.2 Å². The molecular weight excluding hydrogens is 232 g/mol. The number of hydrogen-bond donors (Lipinski definition) is 1. The summed E-state index contributed by atoms with van der Waals surface area (Å²) in [6.07, 6.45) is 0. The minimum Gasteiger partial charge on any atom is -0.454 e. The molecule has 1 aliphatic heterocycles. The van der Waals surface area contributed by atoms with Gasteiger partial charge in [-0.3, -0.25) is 4.79 Å². The Bertz CT molecular complexity index is 603. The van der Waals surface area contributed by atoms with E-state index in [-0.39, 0.29) is 12.2 Å². The summed E-state index contributed by atoms with van der Waals surface area (Å²) in [6.45, 7) is 0.220. The maximum absolute atomic E-state index is 11.7. The molecule has 5 heteroatoms. The van der Waals surface area contributed by atoms with Crippen LogP contribution in [0.1, 0.15) is 0 Å². The summed E-state index contributed by atoms with van der Waals surface area (Å²) in [6, 6.07) is 5.06. The van der Waals surface area contributed by atoms with E-state index >= 15 is 0 Å². The molecular formula is C10H6O3S2. The topological polar surface area (TPSA) is 35.5 Å². The summed E-state index contributed by atoms with van der Waals surface area (Å²) >= 11 is 5.63. The van der Waals surface area contributed by atoms with Crippen molar-refractivity contribution in [1.29, 1.82) is 0 Å². The molecule has 2 aromatic rings. The first-order valence-corrected chi connectivity index (χ1v) is 5.57. The summed E-state index contributed by atoms with van der Waals surface area (Å²) in [7, 11) is 0. The minimum absolute atomic E-state index is 0.0351. The summed E-state index contributed by atoms with van der Waals surface area (Å²) in [5.74, 6) is 1.33. The first-order valence-electron chi connectivity index (χ1n) is 4.30. The highest BCUT2D eigenvalue weighted by atomic mass is 32.2. The summed E-state index contributed by atoms with van der Waals surface area (Å²) in [5.41, 5.74) is -0.0351. The molecule has 0 bridgehead atoms. The van der Waals surface area contributed by atoms with Gasteiger partial charge in [0.25, 0.3) is 0 Å². The third kappa shape index (κ3) is 1.39. The molecule has 0 aliphatic carbocycles. The van der Waals surface area contributed by atoms with Crippen LogP contribution in [0, 0.1) is 0 Å². The number of thiol groups is 1. The summed E-state index contributed by atoms with van der Waals surface area (Å²) in [5, 5.41) is 0.655. The molecule has 0 fully saturated rings. The van der Waals surface area contributed by atoms with Crippen LogP contribution in [0.25, 0.3) is 10.1 Å². The van der Waals surface area contributed by atoms with Gasteiger partial charge in [0.2, 0.25) is 6.79 Å². The predicted molar refractivity (Wildman–Crippen MR) is 61.5 cm³/mol. The molecule has 15 heavy (non-hydrogen) atoms. The zero-order valence-corrected chi connectivity index (χ0v) is 9.23. The van der Waals surface area contributed by atoms with E-state index in [2.05, 4.69) is 12.6 Å². The lowest BCUT2D eigenvalue weighted by atomic mass is 10.2. The molecule has 0 saturated heterocycles. The maximum atomic E-state index is 11.7. The van der Waals surface area contributed by atoms with Crippen LogP contribution in [-0.4, -0.2) is 6.79 Å². The molecule has 0 unspecified atom stereocenters. The third-order valence-electron chi connectivity index (χ3n) is 2.21. The van der Waals surface area contributed by atoms with Gasteiger partial charge in [-0.15, -0.1) is 24.0 Å². The van der Waals surface area contributed by atoms with E-state index in [9.17, 15) is 4.79 Å². The van der Waals surface area contributed by atoms with Crippen LogP contribution in [0.15, 0.2) is 27.2 Å². The van der Waals surface area contributed by atoms with Gasteiger partial charge < -0.3 is 9.47 Å². The quantitative estimate of drug-likeness (QED) is 0.715. The highest BCUT2D eigenvalue weighted by molar-refractivity contribution is 7.83. The predicted octanol–water partition coefficient (Wildman–Crippen LogP) is 2.28. The van der Waals surface area contributed by atoms with Crippen molar-refractivity contribution in [3.8, 4) is 11.5 Å². The van der Waals surface area contributed by atoms with Gasteiger partial charge in [-0.05, 0) is 6.07 Å². The molecule has 76 valence electrons. The Hall–Kier alpha value is -1.20. The largest absolute Gasteiger partial charge is 0.454 e. The van der Waals surface area contributed by atoms with Crippen LogP contribution in [0.3, 0.4) is 0 Å². The zero-order chi connectivity index (χ0) is 10.4. The lowest BCUT2D eigenvalue weighted by Gasteiger charge is -1.99. The van der Waals surface area contributed by atoms with Crippen molar-refractivity contribution in [2.24, 2.45) is 0 Å². The molecule has 1 aliphatic rings. The van der Waals surface area contributed by atoms with Gasteiger partial charge in [-0.25, -0.2) is 0 Å².